The summed E-state index contributed by atoms with van der Waals surface area (Å²) in [4.78, 5) is 24.7. The van der Waals surface area contributed by atoms with E-state index < -0.39 is 5.97 Å². The first-order chi connectivity index (χ1) is 15.3. The standard InChI is InChI=1S/C26H30N2O4/c1-5-13-28-17-21(15-19-10-11-20(26(30)31)16-24(19)32-4)22-14-18(9-12-23(22)28)7-6-8-25(29)27(2)3/h6-7,9-12,14,16-17H,5,8,13,15H2,1-4H3,(H,30,31). The Morgan fingerprint density at radius 3 is 2.56 bits per heavy atom. The minimum Gasteiger partial charge on any atom is -0.496 e. The molecular weight excluding hydrogens is 404 g/mol. The molecule has 3 rings (SSSR count). The van der Waals surface area contributed by atoms with Crippen LogP contribution in [0, 0.1) is 0 Å². The maximum Gasteiger partial charge on any atom is 0.335 e. The summed E-state index contributed by atoms with van der Waals surface area (Å²) in [6, 6.07) is 11.3. The van der Waals surface area contributed by atoms with E-state index in [0.717, 1.165) is 40.6 Å². The summed E-state index contributed by atoms with van der Waals surface area (Å²) >= 11 is 0. The number of carbonyl (C=O) groups is 2. The highest BCUT2D eigenvalue weighted by Crippen LogP contribution is 2.29. The third-order valence-corrected chi connectivity index (χ3v) is 5.47. The van der Waals surface area contributed by atoms with Crippen LogP contribution in [-0.2, 0) is 17.8 Å². The molecule has 0 saturated carbocycles. The third kappa shape index (κ3) is 5.19. The SMILES string of the molecule is CCCn1cc(Cc2ccc(C(=O)O)cc2OC)c2cc(C=CCC(=O)N(C)C)ccc21. The van der Waals surface area contributed by atoms with Gasteiger partial charge in [0, 0.05) is 50.6 Å². The van der Waals surface area contributed by atoms with Crippen molar-refractivity contribution in [2.45, 2.75) is 32.7 Å². The van der Waals surface area contributed by atoms with Crippen molar-refractivity contribution in [3.63, 3.8) is 0 Å². The van der Waals surface area contributed by atoms with Gasteiger partial charge in [0.25, 0.3) is 0 Å². The zero-order chi connectivity index (χ0) is 23.3. The first kappa shape index (κ1) is 23.1. The summed E-state index contributed by atoms with van der Waals surface area (Å²) in [5.74, 6) is -0.341. The number of carboxylic acids is 1. The van der Waals surface area contributed by atoms with E-state index in [2.05, 4.69) is 35.9 Å². The second kappa shape index (κ2) is 10.2. The molecule has 0 fully saturated rings. The lowest BCUT2D eigenvalue weighted by atomic mass is 10.0. The van der Waals surface area contributed by atoms with Crippen molar-refractivity contribution < 1.29 is 19.4 Å². The molecule has 3 aromatic rings. The fourth-order valence-electron chi connectivity index (χ4n) is 3.77. The van der Waals surface area contributed by atoms with Crippen LogP contribution in [0.25, 0.3) is 17.0 Å². The van der Waals surface area contributed by atoms with Crippen LogP contribution < -0.4 is 4.74 Å². The maximum atomic E-state index is 11.8. The van der Waals surface area contributed by atoms with Crippen LogP contribution in [0.2, 0.25) is 0 Å². The Morgan fingerprint density at radius 2 is 1.91 bits per heavy atom. The van der Waals surface area contributed by atoms with Crippen LogP contribution in [0.3, 0.4) is 0 Å². The van der Waals surface area contributed by atoms with Gasteiger partial charge in [0.2, 0.25) is 5.91 Å². The van der Waals surface area contributed by atoms with E-state index in [0.29, 0.717) is 18.6 Å². The molecule has 6 heteroatoms. The van der Waals surface area contributed by atoms with Crippen LogP contribution in [-0.4, -0.2) is 47.7 Å². The largest absolute Gasteiger partial charge is 0.496 e. The van der Waals surface area contributed by atoms with Crippen molar-refractivity contribution in [2.75, 3.05) is 21.2 Å². The maximum absolute atomic E-state index is 11.8. The molecule has 1 amide bonds. The van der Waals surface area contributed by atoms with E-state index in [-0.39, 0.29) is 11.5 Å². The quantitative estimate of drug-likeness (QED) is 0.523. The van der Waals surface area contributed by atoms with E-state index in [1.807, 2.05) is 18.2 Å². The molecule has 1 aromatic heterocycles. The topological polar surface area (TPSA) is 71.8 Å². The Labute approximate surface area is 188 Å². The Kier molecular flexibility index (Phi) is 7.36. The highest BCUT2D eigenvalue weighted by atomic mass is 16.5. The molecule has 0 aliphatic heterocycles. The molecular formula is C26H30N2O4. The minimum atomic E-state index is -0.974. The predicted octanol–water partition coefficient (Wildman–Crippen LogP) is 4.84. The molecule has 0 atom stereocenters. The Balaban J connectivity index is 1.97. The first-order valence-corrected chi connectivity index (χ1v) is 10.7. The lowest BCUT2D eigenvalue weighted by molar-refractivity contribution is -0.127. The number of ether oxygens (including phenoxy) is 1. The van der Waals surface area contributed by atoms with Crippen LogP contribution in [0.5, 0.6) is 5.75 Å². The number of aryl methyl sites for hydroxylation is 1. The van der Waals surface area contributed by atoms with Gasteiger partial charge in [-0.1, -0.05) is 31.2 Å². The van der Waals surface area contributed by atoms with Gasteiger partial charge in [0.05, 0.1) is 12.7 Å². The monoisotopic (exact) mass is 434 g/mol. The van der Waals surface area contributed by atoms with Crippen molar-refractivity contribution >= 4 is 28.9 Å². The number of aromatic nitrogens is 1. The molecule has 0 saturated heterocycles. The van der Waals surface area contributed by atoms with Gasteiger partial charge < -0.3 is 19.3 Å². The lowest BCUT2D eigenvalue weighted by Gasteiger charge is -2.09. The minimum absolute atomic E-state index is 0.0639. The number of hydrogen-bond acceptors (Lipinski definition) is 3. The Bertz CT molecular complexity index is 1160. The van der Waals surface area contributed by atoms with Crippen molar-refractivity contribution in [1.29, 1.82) is 0 Å². The number of carbonyl (C=O) groups excluding carboxylic acids is 1. The Hall–Kier alpha value is -3.54. The molecule has 0 spiro atoms. The highest BCUT2D eigenvalue weighted by molar-refractivity contribution is 5.89. The number of aromatic carboxylic acids is 1. The van der Waals surface area contributed by atoms with Gasteiger partial charge in [-0.3, -0.25) is 4.79 Å². The van der Waals surface area contributed by atoms with E-state index >= 15 is 0 Å². The van der Waals surface area contributed by atoms with Crippen LogP contribution >= 0.6 is 0 Å². The smallest absolute Gasteiger partial charge is 0.335 e. The second-order valence-electron chi connectivity index (χ2n) is 8.03. The average molecular weight is 435 g/mol. The molecule has 0 unspecified atom stereocenters. The molecule has 0 aliphatic carbocycles. The molecule has 6 nitrogen and oxygen atoms in total. The van der Waals surface area contributed by atoms with E-state index in [4.69, 9.17) is 4.74 Å². The summed E-state index contributed by atoms with van der Waals surface area (Å²) in [5, 5.41) is 10.4. The number of hydrogen-bond donors (Lipinski definition) is 1. The van der Waals surface area contributed by atoms with Crippen molar-refractivity contribution in [3.8, 4) is 5.75 Å². The van der Waals surface area contributed by atoms with E-state index in [9.17, 15) is 14.7 Å². The summed E-state index contributed by atoms with van der Waals surface area (Å²) in [6.45, 7) is 3.07. The highest BCUT2D eigenvalue weighted by Gasteiger charge is 2.14. The molecule has 0 radical (unpaired) electrons. The molecule has 1 heterocycles. The fourth-order valence-corrected chi connectivity index (χ4v) is 3.77. The van der Waals surface area contributed by atoms with Gasteiger partial charge in [-0.15, -0.1) is 0 Å². The van der Waals surface area contributed by atoms with Gasteiger partial charge in [0.1, 0.15) is 5.75 Å². The van der Waals surface area contributed by atoms with Gasteiger partial charge in [0.15, 0.2) is 0 Å². The summed E-state index contributed by atoms with van der Waals surface area (Å²) in [7, 11) is 5.06. The molecule has 0 aliphatic rings. The number of amides is 1. The van der Waals surface area contributed by atoms with Gasteiger partial charge in [-0.2, -0.15) is 0 Å². The van der Waals surface area contributed by atoms with Crippen molar-refractivity contribution in [1.82, 2.24) is 9.47 Å². The van der Waals surface area contributed by atoms with Gasteiger partial charge in [-0.25, -0.2) is 4.79 Å². The fraction of sp³-hybridized carbons (Fsp3) is 0.308. The summed E-state index contributed by atoms with van der Waals surface area (Å²) in [5.41, 5.74) is 4.48. The molecule has 2 aromatic carbocycles. The Morgan fingerprint density at radius 1 is 1.12 bits per heavy atom. The van der Waals surface area contributed by atoms with Crippen molar-refractivity contribution in [2.24, 2.45) is 0 Å². The molecule has 1 N–H and O–H groups in total. The normalized spacial score (nSPS) is 11.2. The predicted molar refractivity (Wildman–Crippen MR) is 127 cm³/mol. The van der Waals surface area contributed by atoms with E-state index in [1.54, 1.807) is 38.2 Å². The van der Waals surface area contributed by atoms with Crippen LogP contribution in [0.15, 0.2) is 48.7 Å². The third-order valence-electron chi connectivity index (χ3n) is 5.47. The van der Waals surface area contributed by atoms with E-state index in [1.165, 1.54) is 0 Å². The number of rotatable bonds is 9. The number of benzene rings is 2. The zero-order valence-corrected chi connectivity index (χ0v) is 19.1. The average Bonchev–Trinajstić information content (AvgIpc) is 3.10. The number of fused-ring (bicyclic) bond motifs is 1. The lowest BCUT2D eigenvalue weighted by Crippen LogP contribution is -2.20. The van der Waals surface area contributed by atoms with Gasteiger partial charge >= 0.3 is 5.97 Å². The summed E-state index contributed by atoms with van der Waals surface area (Å²) < 4.78 is 7.73. The van der Waals surface area contributed by atoms with Crippen LogP contribution in [0.1, 0.15) is 46.8 Å². The number of nitrogens with zero attached hydrogens (tertiary/aromatic N) is 2. The summed E-state index contributed by atoms with van der Waals surface area (Å²) in [6.07, 6.45) is 8.05. The first-order valence-electron chi connectivity index (χ1n) is 10.7. The number of methoxy groups -OCH3 is 1. The van der Waals surface area contributed by atoms with Gasteiger partial charge in [-0.05, 0) is 47.4 Å². The molecule has 0 bridgehead atoms. The molecule has 32 heavy (non-hydrogen) atoms. The van der Waals surface area contributed by atoms with Crippen LogP contribution in [0.4, 0.5) is 0 Å². The zero-order valence-electron chi connectivity index (χ0n) is 19.1. The second-order valence-corrected chi connectivity index (χ2v) is 8.03. The number of carboxylic acid groups (broad SMARTS) is 1. The van der Waals surface area contributed by atoms with Crippen molar-refractivity contribution in [3.05, 3.63) is 70.9 Å². The molecule has 168 valence electrons.